The maximum atomic E-state index is 9.00. The first-order valence-electron chi connectivity index (χ1n) is 4.21. The Morgan fingerprint density at radius 3 is 2.00 bits per heavy atom. The molecule has 0 aliphatic rings. The number of halogens is 3. The maximum absolute atomic E-state index is 9.00. The van der Waals surface area contributed by atoms with Crippen molar-refractivity contribution in [2.24, 2.45) is 0 Å². The van der Waals surface area contributed by atoms with Gasteiger partial charge in [0, 0.05) is 4.90 Å². The van der Waals surface area contributed by atoms with E-state index < -0.39 is 0 Å². The Bertz CT molecular complexity index is 515. The summed E-state index contributed by atoms with van der Waals surface area (Å²) in [6, 6.07) is 3.78. The lowest BCUT2D eigenvalue weighted by Gasteiger charge is -2.10. The summed E-state index contributed by atoms with van der Waals surface area (Å²) in [5.74, 6) is 0.729. The molecule has 0 amide bonds. The van der Waals surface area contributed by atoms with E-state index in [2.05, 4.69) is 0 Å². The largest absolute Gasteiger partial charge is 0.192 e. The van der Waals surface area contributed by atoms with E-state index in [0.29, 0.717) is 4.90 Å². The minimum Gasteiger partial charge on any atom is -0.192 e. The van der Waals surface area contributed by atoms with Gasteiger partial charge in [-0.25, -0.2) is 0 Å². The van der Waals surface area contributed by atoms with Crippen molar-refractivity contribution in [3.05, 3.63) is 26.2 Å². The minimum absolute atomic E-state index is 0.0466. The Kier molecular flexibility index (Phi) is 4.77. The number of nitrogens with zero attached hydrogens (tertiary/aromatic N) is 2. The molecule has 0 atom stereocenters. The third-order valence-electron chi connectivity index (χ3n) is 1.79. The van der Waals surface area contributed by atoms with Crippen molar-refractivity contribution >= 4 is 46.6 Å². The van der Waals surface area contributed by atoms with Crippen LogP contribution in [-0.2, 0) is 0 Å². The van der Waals surface area contributed by atoms with Crippen LogP contribution in [0.25, 0.3) is 0 Å². The highest BCUT2D eigenvalue weighted by Gasteiger charge is 2.21. The van der Waals surface area contributed by atoms with Crippen LogP contribution in [0.1, 0.15) is 18.1 Å². The molecule has 0 radical (unpaired) electrons. The summed E-state index contributed by atoms with van der Waals surface area (Å²) in [5.41, 5.74) is 0.254. The quantitative estimate of drug-likeness (QED) is 0.595. The first-order valence-corrected chi connectivity index (χ1v) is 6.33. The molecule has 0 saturated heterocycles. The molecule has 1 rings (SSSR count). The zero-order chi connectivity index (χ0) is 12.3. The molecule has 0 heterocycles. The van der Waals surface area contributed by atoms with Crippen LogP contribution < -0.4 is 0 Å². The van der Waals surface area contributed by atoms with Gasteiger partial charge in [0.1, 0.15) is 12.1 Å². The van der Waals surface area contributed by atoms with Gasteiger partial charge in [-0.3, -0.25) is 0 Å². The second-order valence-corrected chi connectivity index (χ2v) is 5.09. The van der Waals surface area contributed by atoms with E-state index in [4.69, 9.17) is 45.3 Å². The Morgan fingerprint density at radius 1 is 1.00 bits per heavy atom. The summed E-state index contributed by atoms with van der Waals surface area (Å²) in [4.78, 5) is 0.528. The van der Waals surface area contributed by atoms with Gasteiger partial charge in [0.25, 0.3) is 0 Å². The molecule has 2 nitrogen and oxygen atoms in total. The fourth-order valence-corrected chi connectivity index (χ4v) is 2.95. The van der Waals surface area contributed by atoms with Crippen LogP contribution >= 0.6 is 46.6 Å². The Balaban J connectivity index is 3.66. The van der Waals surface area contributed by atoms with Gasteiger partial charge in [-0.15, -0.1) is 11.8 Å². The predicted molar refractivity (Wildman–Crippen MR) is 67.3 cm³/mol. The van der Waals surface area contributed by atoms with Crippen LogP contribution in [0, 0.1) is 22.7 Å². The van der Waals surface area contributed by atoms with E-state index in [1.165, 1.54) is 11.8 Å². The lowest BCUT2D eigenvalue weighted by molar-refractivity contribution is 1.34. The fourth-order valence-electron chi connectivity index (χ4n) is 1.12. The first-order chi connectivity index (χ1) is 7.58. The topological polar surface area (TPSA) is 47.6 Å². The van der Waals surface area contributed by atoms with Crippen LogP contribution in [0.5, 0.6) is 0 Å². The molecule has 0 aliphatic heterocycles. The minimum atomic E-state index is 0.0466. The van der Waals surface area contributed by atoms with Crippen molar-refractivity contribution in [2.75, 3.05) is 5.75 Å². The molecule has 0 bridgehead atoms. The molecule has 0 saturated carbocycles. The lowest BCUT2D eigenvalue weighted by atomic mass is 10.1. The number of rotatable bonds is 2. The van der Waals surface area contributed by atoms with E-state index in [1.807, 2.05) is 19.1 Å². The molecule has 0 aliphatic carbocycles. The third-order valence-corrected chi connectivity index (χ3v) is 4.12. The fraction of sp³-hybridized carbons (Fsp3) is 0.200. The number of nitriles is 2. The van der Waals surface area contributed by atoms with Crippen LogP contribution in [0.4, 0.5) is 0 Å². The van der Waals surface area contributed by atoms with Gasteiger partial charge in [-0.05, 0) is 5.75 Å². The highest BCUT2D eigenvalue weighted by Crippen LogP contribution is 2.42. The summed E-state index contributed by atoms with van der Waals surface area (Å²) < 4.78 is 0. The molecule has 0 aromatic heterocycles. The van der Waals surface area contributed by atoms with Gasteiger partial charge in [-0.2, -0.15) is 10.5 Å². The van der Waals surface area contributed by atoms with Crippen LogP contribution in [0.15, 0.2) is 4.90 Å². The second-order valence-electron chi connectivity index (χ2n) is 2.68. The number of hydrogen-bond donors (Lipinski definition) is 0. The highest BCUT2D eigenvalue weighted by molar-refractivity contribution is 7.99. The molecule has 0 fully saturated rings. The molecule has 0 unspecified atom stereocenters. The van der Waals surface area contributed by atoms with Crippen molar-refractivity contribution in [1.82, 2.24) is 0 Å². The average Bonchev–Trinajstić information content (AvgIpc) is 2.27. The summed E-state index contributed by atoms with van der Waals surface area (Å²) in [7, 11) is 0. The van der Waals surface area contributed by atoms with Crippen molar-refractivity contribution in [2.45, 2.75) is 11.8 Å². The van der Waals surface area contributed by atoms with Crippen LogP contribution in [0.2, 0.25) is 15.1 Å². The van der Waals surface area contributed by atoms with Gasteiger partial charge in [0.05, 0.1) is 26.2 Å². The number of hydrogen-bond acceptors (Lipinski definition) is 3. The van der Waals surface area contributed by atoms with Gasteiger partial charge >= 0.3 is 0 Å². The van der Waals surface area contributed by atoms with E-state index in [-0.39, 0.29) is 26.2 Å². The zero-order valence-corrected chi connectivity index (χ0v) is 11.2. The standard InChI is InChI=1S/C10H5Cl3N2S/c1-2-16-10-6(4-15)7(11)5(3-14)8(12)9(10)13/h2H2,1H3. The van der Waals surface area contributed by atoms with Gasteiger partial charge in [0.15, 0.2) is 0 Å². The molecule has 1 aromatic rings. The molecular weight excluding hydrogens is 287 g/mol. The maximum Gasteiger partial charge on any atom is 0.102 e. The van der Waals surface area contributed by atoms with Gasteiger partial charge < -0.3 is 0 Å². The van der Waals surface area contributed by atoms with E-state index >= 15 is 0 Å². The molecular formula is C10H5Cl3N2S. The van der Waals surface area contributed by atoms with Crippen LogP contribution in [-0.4, -0.2) is 5.75 Å². The Hall–Kier alpha value is -0.580. The van der Waals surface area contributed by atoms with Crippen LogP contribution in [0.3, 0.4) is 0 Å². The predicted octanol–water partition coefficient (Wildman–Crippen LogP) is 4.50. The van der Waals surface area contributed by atoms with E-state index in [9.17, 15) is 0 Å². The van der Waals surface area contributed by atoms with Gasteiger partial charge in [-0.1, -0.05) is 41.7 Å². The first kappa shape index (κ1) is 13.5. The third kappa shape index (κ3) is 2.24. The molecule has 0 spiro atoms. The SMILES string of the molecule is CCSc1c(Cl)c(Cl)c(C#N)c(Cl)c1C#N. The monoisotopic (exact) mass is 290 g/mol. The second kappa shape index (κ2) is 5.66. The smallest absolute Gasteiger partial charge is 0.102 e. The van der Waals surface area contributed by atoms with E-state index in [0.717, 1.165) is 5.75 Å². The Morgan fingerprint density at radius 2 is 1.56 bits per heavy atom. The molecule has 1 aromatic carbocycles. The van der Waals surface area contributed by atoms with Crippen molar-refractivity contribution < 1.29 is 0 Å². The lowest BCUT2D eigenvalue weighted by Crippen LogP contribution is -1.92. The van der Waals surface area contributed by atoms with E-state index in [1.54, 1.807) is 0 Å². The molecule has 0 N–H and O–H groups in total. The van der Waals surface area contributed by atoms with Crippen molar-refractivity contribution in [3.8, 4) is 12.1 Å². The highest BCUT2D eigenvalue weighted by atomic mass is 35.5. The number of benzene rings is 1. The van der Waals surface area contributed by atoms with Crippen molar-refractivity contribution in [3.63, 3.8) is 0 Å². The summed E-state index contributed by atoms with van der Waals surface area (Å²) >= 11 is 19.2. The summed E-state index contributed by atoms with van der Waals surface area (Å²) in [5, 5.41) is 18.3. The normalized spacial score (nSPS) is 9.62. The van der Waals surface area contributed by atoms with Gasteiger partial charge in [0.2, 0.25) is 0 Å². The number of thioether (sulfide) groups is 1. The average molecular weight is 292 g/mol. The molecule has 16 heavy (non-hydrogen) atoms. The zero-order valence-electron chi connectivity index (χ0n) is 8.14. The molecule has 6 heteroatoms. The Labute approximate surface area is 113 Å². The summed E-state index contributed by atoms with van der Waals surface area (Å²) in [6.07, 6.45) is 0. The molecule has 82 valence electrons. The summed E-state index contributed by atoms with van der Waals surface area (Å²) in [6.45, 7) is 1.92. The van der Waals surface area contributed by atoms with Crippen molar-refractivity contribution in [1.29, 1.82) is 10.5 Å².